The number of carboxylic acid groups (broad SMARTS) is 2. The number of fused-ring (bicyclic) bond motifs is 2. The van der Waals surface area contributed by atoms with E-state index in [4.69, 9.17) is 32.2 Å². The molecule has 8 rings (SSSR count). The summed E-state index contributed by atoms with van der Waals surface area (Å²) in [5, 5.41) is 32.3. The minimum absolute atomic E-state index is 0. The molecule has 0 bridgehead atoms. The molecule has 17 nitrogen and oxygen atoms in total. The number of aliphatic carboxylic acids is 2. The second kappa shape index (κ2) is 17.4. The van der Waals surface area contributed by atoms with Crippen molar-refractivity contribution < 1.29 is 83.1 Å². The van der Waals surface area contributed by atoms with Gasteiger partial charge in [-0.3, -0.25) is 19.2 Å². The molecule has 4 fully saturated rings. The number of β-lactam (4-membered cyclic amide) rings is 2. The molecule has 2 aromatic heterocycles. The smallest absolute Gasteiger partial charge is 0.480 e. The van der Waals surface area contributed by atoms with Crippen molar-refractivity contribution in [3.63, 3.8) is 0 Å². The van der Waals surface area contributed by atoms with Gasteiger partial charge >= 0.3 is 41.5 Å². The largest absolute Gasteiger partial charge is 1.00 e. The number of thioether (sulfide) groups is 2. The number of carboxylic acids is 2. The molecule has 60 heavy (non-hydrogen) atoms. The normalized spacial score (nSPS) is 23.9. The molecule has 4 aliphatic rings. The number of hydrogen-bond donors (Lipinski definition) is 4. The number of carbonyl (C=O) groups is 6. The Morgan fingerprint density at radius 2 is 1.02 bits per heavy atom. The maximum absolute atomic E-state index is 13.0. The number of aryl methyl sites for hydroxylation is 2. The first kappa shape index (κ1) is 47.0. The predicted molar refractivity (Wildman–Crippen MR) is 217 cm³/mol. The zero-order valence-corrected chi connectivity index (χ0v) is 38.2. The van der Waals surface area contributed by atoms with Crippen LogP contribution in [0.3, 0.4) is 0 Å². The van der Waals surface area contributed by atoms with Crippen LogP contribution in [0.1, 0.15) is 59.9 Å². The summed E-state index contributed by atoms with van der Waals surface area (Å²) in [7, 11) is 0. The quantitative estimate of drug-likeness (QED) is 0.144. The van der Waals surface area contributed by atoms with Crippen molar-refractivity contribution in [3.8, 4) is 22.5 Å². The summed E-state index contributed by atoms with van der Waals surface area (Å²) < 4.78 is 9.08. The molecule has 2 aromatic carbocycles. The van der Waals surface area contributed by atoms with Gasteiger partial charge in [-0.1, -0.05) is 69.9 Å². The molecule has 0 radical (unpaired) electrons. The van der Waals surface area contributed by atoms with Gasteiger partial charge in [-0.15, -0.1) is 23.5 Å². The molecule has 4 saturated heterocycles. The molecule has 4 aromatic rings. The maximum Gasteiger partial charge on any atom is 1.00 e. The average molecular weight is 913 g/mol. The molecule has 6 atom stereocenters. The van der Waals surface area contributed by atoms with Crippen LogP contribution in [0.2, 0.25) is 10.0 Å². The average Bonchev–Trinajstić information content (AvgIpc) is 3.87. The molecule has 0 unspecified atom stereocenters. The number of nitrogens with one attached hydrogen (secondary N) is 2. The fourth-order valence-electron chi connectivity index (χ4n) is 7.67. The Morgan fingerprint density at radius 3 is 1.33 bits per heavy atom. The first-order valence-electron chi connectivity index (χ1n) is 17.8. The van der Waals surface area contributed by atoms with E-state index in [9.17, 15) is 39.0 Å². The van der Waals surface area contributed by atoms with E-state index in [0.717, 1.165) is 0 Å². The molecule has 4 amide bonds. The topological polar surface area (TPSA) is 257 Å². The zero-order valence-electron chi connectivity index (χ0n) is 33.1. The van der Waals surface area contributed by atoms with Crippen LogP contribution in [0.5, 0.6) is 0 Å². The Bertz CT molecular complexity index is 2250. The Hall–Kier alpha value is -4.08. The monoisotopic (exact) mass is 911 g/mol. The number of nitrogens with zero attached hydrogens (tertiary/aromatic N) is 4. The van der Waals surface area contributed by atoms with Crippen molar-refractivity contribution in [2.24, 2.45) is 0 Å². The minimum Gasteiger partial charge on any atom is -0.480 e. The van der Waals surface area contributed by atoms with Crippen molar-refractivity contribution in [2.45, 2.75) is 86.0 Å². The Labute approximate surface area is 383 Å². The number of halogens is 2. The van der Waals surface area contributed by atoms with Crippen molar-refractivity contribution in [3.05, 3.63) is 81.2 Å². The predicted octanol–water partition coefficient (Wildman–Crippen LogP) is 1.28. The van der Waals surface area contributed by atoms with Gasteiger partial charge in [0.25, 0.3) is 11.8 Å². The van der Waals surface area contributed by atoms with Crippen LogP contribution in [0.4, 0.5) is 0 Å². The molecule has 0 spiro atoms. The second-order valence-corrected chi connectivity index (χ2v) is 19.3. The molecule has 6 N–H and O–H groups in total. The number of amides is 4. The van der Waals surface area contributed by atoms with E-state index >= 15 is 0 Å². The van der Waals surface area contributed by atoms with E-state index in [-0.39, 0.29) is 57.5 Å². The van der Waals surface area contributed by atoms with E-state index in [1.165, 1.54) is 33.3 Å². The Balaban J connectivity index is 0.000000220. The fraction of sp³-hybridized carbons (Fsp3) is 0.368. The molecule has 22 heteroatoms. The van der Waals surface area contributed by atoms with E-state index in [1.807, 2.05) is 0 Å². The van der Waals surface area contributed by atoms with Crippen molar-refractivity contribution in [1.29, 1.82) is 0 Å². The van der Waals surface area contributed by atoms with Crippen LogP contribution in [-0.4, -0.2) is 116 Å². The third kappa shape index (κ3) is 7.94. The summed E-state index contributed by atoms with van der Waals surface area (Å²) in [5.41, 5.74) is 2.05. The van der Waals surface area contributed by atoms with Crippen molar-refractivity contribution in [2.75, 3.05) is 0 Å². The van der Waals surface area contributed by atoms with Gasteiger partial charge in [-0.05, 0) is 53.7 Å². The van der Waals surface area contributed by atoms with Crippen LogP contribution >= 0.6 is 46.7 Å². The van der Waals surface area contributed by atoms with Crippen molar-refractivity contribution >= 4 is 82.3 Å². The summed E-state index contributed by atoms with van der Waals surface area (Å²) in [6, 6.07) is 10.4. The molecule has 0 aliphatic carbocycles. The van der Waals surface area contributed by atoms with Crippen LogP contribution in [0.15, 0.2) is 57.6 Å². The summed E-state index contributed by atoms with van der Waals surface area (Å²) in [5.74, 6) is -3.39. The molecule has 6 heterocycles. The minimum atomic E-state index is -1.06. The van der Waals surface area contributed by atoms with E-state index in [0.29, 0.717) is 32.7 Å². The SMILES string of the molecule is Cc1onc(-c2ccccc2Cl)c1C(=O)N[C@@H]1C(=O)N2[C@@H]1SC(C)(C)[C@@H]2C(=O)O.Cc1onc(-c2ccccc2Cl)c1C(=O)N[C@@H]1C(=O)N2[C@@H]1SC(C)(C)[C@@H]2C(=O)O.O.[Na+]. The summed E-state index contributed by atoms with van der Waals surface area (Å²) >= 11 is 15.2. The van der Waals surface area contributed by atoms with Gasteiger partial charge in [0.2, 0.25) is 11.8 Å². The third-order valence-electron chi connectivity index (χ3n) is 10.4. The van der Waals surface area contributed by atoms with Gasteiger partial charge in [0.15, 0.2) is 0 Å². The number of rotatable bonds is 8. The summed E-state index contributed by atoms with van der Waals surface area (Å²) in [6.07, 6.45) is 0. The standard InChI is InChI=1S/2C19H18ClN3O5S.Na.H2O/c2*1-8-11(12(22-28-8)9-6-4-5-7-10(9)20)15(24)21-13-16(25)23-14(18(26)27)19(2,3)29-17(13)23;;/h2*4-7,13-14,17H,1-3H3,(H,21,24)(H,26,27);;1H2/q;;+1;/t2*13-,14+,17-;;/m11../s1. The molecule has 4 aliphatic heterocycles. The van der Waals surface area contributed by atoms with Gasteiger partial charge in [0.05, 0.1) is 10.0 Å². The Morgan fingerprint density at radius 1 is 0.683 bits per heavy atom. The molecular formula is C38H38Cl2N6NaO11S2+. The van der Waals surface area contributed by atoms with Crippen LogP contribution in [0.25, 0.3) is 22.5 Å². The molecular weight excluding hydrogens is 874 g/mol. The number of benzene rings is 2. The van der Waals surface area contributed by atoms with Gasteiger partial charge in [0.1, 0.15) is 69.0 Å². The van der Waals surface area contributed by atoms with Gasteiger partial charge in [-0.25, -0.2) is 9.59 Å². The number of hydrogen-bond acceptors (Lipinski definition) is 12. The third-order valence-corrected chi connectivity index (χ3v) is 14.2. The number of carbonyl (C=O) groups excluding carboxylic acids is 4. The summed E-state index contributed by atoms with van der Waals surface area (Å²) in [4.78, 5) is 77.1. The van der Waals surface area contributed by atoms with Crippen molar-refractivity contribution in [1.82, 2.24) is 30.7 Å². The van der Waals surface area contributed by atoms with Gasteiger partial charge in [-0.2, -0.15) is 0 Å². The Kier molecular flexibility index (Phi) is 13.6. The second-order valence-electron chi connectivity index (χ2n) is 15.0. The molecule has 0 saturated carbocycles. The van der Waals surface area contributed by atoms with E-state index in [1.54, 1.807) is 90.1 Å². The van der Waals surface area contributed by atoms with Crippen LogP contribution in [-0.2, 0) is 19.2 Å². The van der Waals surface area contributed by atoms with E-state index < -0.39 is 80.0 Å². The van der Waals surface area contributed by atoms with Crippen LogP contribution < -0.4 is 40.2 Å². The van der Waals surface area contributed by atoms with E-state index in [2.05, 4.69) is 20.9 Å². The molecule has 312 valence electrons. The maximum atomic E-state index is 13.0. The fourth-order valence-corrected chi connectivity index (χ4v) is 11.4. The zero-order chi connectivity index (χ0) is 42.2. The van der Waals surface area contributed by atoms with Crippen LogP contribution in [0, 0.1) is 13.8 Å². The first-order chi connectivity index (χ1) is 27.3. The number of aromatic nitrogens is 2. The van der Waals surface area contributed by atoms with Gasteiger partial charge in [0, 0.05) is 20.6 Å². The first-order valence-corrected chi connectivity index (χ1v) is 20.3. The summed E-state index contributed by atoms with van der Waals surface area (Å²) in [6.45, 7) is 10.3. The van der Waals surface area contributed by atoms with Gasteiger partial charge < -0.3 is 45.2 Å².